The smallest absolute Gasteiger partial charge is 0.303 e. The quantitative estimate of drug-likeness (QED) is 0.213. The molecule has 0 bridgehead atoms. The fourth-order valence-electron chi connectivity index (χ4n) is 3.18. The van der Waals surface area contributed by atoms with Crippen molar-refractivity contribution in [2.75, 3.05) is 6.61 Å². The molecule has 14 nitrogen and oxygen atoms in total. The Morgan fingerprint density at radius 2 is 1.60 bits per heavy atom. The molecule has 0 aliphatic carbocycles. The predicted molar refractivity (Wildman–Crippen MR) is 112 cm³/mol. The number of nitrogens with zero attached hydrogens (tertiary/aromatic N) is 1. The second kappa shape index (κ2) is 12.1. The summed E-state index contributed by atoms with van der Waals surface area (Å²) in [6.07, 6.45) is -8.53. The third-order valence-corrected chi connectivity index (χ3v) is 4.47. The Bertz CT molecular complexity index is 1060. The van der Waals surface area contributed by atoms with Crippen molar-refractivity contribution in [1.82, 2.24) is 0 Å². The molecular formula is C21H25NO13. The zero-order valence-electron chi connectivity index (χ0n) is 22.2. The lowest BCUT2D eigenvalue weighted by Gasteiger charge is -2.44. The van der Waals surface area contributed by atoms with E-state index in [1.54, 1.807) is 0 Å². The van der Waals surface area contributed by atoms with Gasteiger partial charge < -0.3 is 33.5 Å². The van der Waals surface area contributed by atoms with Gasteiger partial charge in [0.05, 0.1) is 11.5 Å². The van der Waals surface area contributed by atoms with Crippen LogP contribution in [0.3, 0.4) is 0 Å². The van der Waals surface area contributed by atoms with Crippen molar-refractivity contribution in [2.24, 2.45) is 0 Å². The second-order valence-electron chi connectivity index (χ2n) is 6.91. The third kappa shape index (κ3) is 7.61. The van der Waals surface area contributed by atoms with Crippen molar-refractivity contribution in [1.29, 1.82) is 0 Å². The summed E-state index contributed by atoms with van der Waals surface area (Å²) < 4.78 is 60.8. The van der Waals surface area contributed by atoms with E-state index in [9.17, 15) is 34.4 Å². The van der Waals surface area contributed by atoms with Gasteiger partial charge in [-0.25, -0.2) is 0 Å². The average Bonchev–Trinajstić information content (AvgIpc) is 2.94. The topological polar surface area (TPSA) is 187 Å². The summed E-state index contributed by atoms with van der Waals surface area (Å²) in [5.74, 6) is -4.70. The van der Waals surface area contributed by atoms with E-state index in [1.165, 1.54) is 0 Å². The van der Waals surface area contributed by atoms with Crippen LogP contribution in [-0.4, -0.2) is 71.2 Å². The maximum absolute atomic E-state index is 12.1. The molecule has 14 heteroatoms. The Morgan fingerprint density at radius 1 is 1.00 bits per heavy atom. The molecule has 35 heavy (non-hydrogen) atoms. The number of aliphatic hydroxyl groups is 1. The Labute approximate surface area is 204 Å². The van der Waals surface area contributed by atoms with Crippen molar-refractivity contribution in [2.45, 2.75) is 64.9 Å². The summed E-state index contributed by atoms with van der Waals surface area (Å²) in [4.78, 5) is 58.2. The van der Waals surface area contributed by atoms with E-state index in [0.717, 1.165) is 18.2 Å². The molecule has 192 valence electrons. The van der Waals surface area contributed by atoms with Gasteiger partial charge in [0.2, 0.25) is 12.4 Å². The number of benzene rings is 1. The molecule has 1 N–H and O–H groups in total. The summed E-state index contributed by atoms with van der Waals surface area (Å²) in [5.41, 5.74) is -0.490. The Morgan fingerprint density at radius 3 is 2.17 bits per heavy atom. The number of rotatable bonds is 9. The molecule has 2 rings (SSSR count). The minimum atomic E-state index is -1.79. The van der Waals surface area contributed by atoms with Crippen molar-refractivity contribution in [3.8, 4) is 5.75 Å². The lowest BCUT2D eigenvalue weighted by molar-refractivity contribution is -0.385. The maximum atomic E-state index is 12.1. The first kappa shape index (κ1) is 21.7. The molecular weight excluding hydrogens is 474 g/mol. The molecule has 0 amide bonds. The molecule has 1 saturated heterocycles. The van der Waals surface area contributed by atoms with Crippen molar-refractivity contribution >= 4 is 29.6 Å². The number of aliphatic hydroxyl groups excluding tert-OH is 1. The van der Waals surface area contributed by atoms with Crippen LogP contribution in [0.5, 0.6) is 5.75 Å². The van der Waals surface area contributed by atoms with E-state index in [0.29, 0.717) is 0 Å². The SMILES string of the molecule is [2H]CC(=O)OC[C@H]1OC(Oc2ccc([N+](=O)[O-])cc2CO)[C@H](OC(=O)C[2H])[C@@H](OC(=O)C[2H])[C@H]1OC(=O)C[2H]. The zero-order valence-corrected chi connectivity index (χ0v) is 18.2. The summed E-state index contributed by atoms with van der Waals surface area (Å²) in [6.45, 7) is -4.96. The van der Waals surface area contributed by atoms with Crippen LogP contribution in [-0.2, 0) is 49.5 Å². The highest BCUT2D eigenvalue weighted by atomic mass is 16.7. The molecule has 5 atom stereocenters. The predicted octanol–water partition coefficient (Wildman–Crippen LogP) is 0.549. The van der Waals surface area contributed by atoms with Crippen LogP contribution in [0.4, 0.5) is 5.69 Å². The first-order valence-electron chi connectivity index (χ1n) is 12.5. The number of carbonyl (C=O) groups excluding carboxylic acids is 4. The third-order valence-electron chi connectivity index (χ3n) is 4.47. The molecule has 1 aliphatic heterocycles. The molecule has 0 radical (unpaired) electrons. The number of non-ortho nitro benzene ring substituents is 1. The van der Waals surface area contributed by atoms with Crippen LogP contribution in [0.15, 0.2) is 18.2 Å². The molecule has 1 unspecified atom stereocenters. The van der Waals surface area contributed by atoms with Crippen LogP contribution >= 0.6 is 0 Å². The molecule has 0 aromatic heterocycles. The van der Waals surface area contributed by atoms with E-state index >= 15 is 0 Å². The van der Waals surface area contributed by atoms with E-state index in [-0.39, 0.29) is 11.3 Å². The van der Waals surface area contributed by atoms with Gasteiger partial charge in [-0.05, 0) is 6.07 Å². The van der Waals surface area contributed by atoms with Gasteiger partial charge in [-0.1, -0.05) is 0 Å². The normalized spacial score (nSPS) is 25.0. The Hall–Kier alpha value is -3.78. The maximum Gasteiger partial charge on any atom is 0.303 e. The van der Waals surface area contributed by atoms with E-state index < -0.39 is 106 Å². The number of hydrogen-bond donors (Lipinski definition) is 1. The van der Waals surface area contributed by atoms with E-state index in [4.69, 9.17) is 33.9 Å². The highest BCUT2D eigenvalue weighted by molar-refractivity contribution is 5.68. The van der Waals surface area contributed by atoms with Crippen molar-refractivity contribution in [3.05, 3.63) is 33.9 Å². The van der Waals surface area contributed by atoms with Crippen molar-refractivity contribution < 1.29 is 63.1 Å². The van der Waals surface area contributed by atoms with Gasteiger partial charge in [-0.15, -0.1) is 0 Å². The average molecular weight is 503 g/mol. The molecule has 1 heterocycles. The number of esters is 4. The fourth-order valence-corrected chi connectivity index (χ4v) is 3.18. The van der Waals surface area contributed by atoms with Crippen LogP contribution in [0.25, 0.3) is 0 Å². The van der Waals surface area contributed by atoms with Gasteiger partial charge in [-0.3, -0.25) is 29.3 Å². The van der Waals surface area contributed by atoms with Gasteiger partial charge in [0.1, 0.15) is 18.5 Å². The van der Waals surface area contributed by atoms with Gasteiger partial charge in [0, 0.05) is 50.8 Å². The fraction of sp³-hybridized carbons (Fsp3) is 0.524. The number of hydrogen-bond acceptors (Lipinski definition) is 13. The minimum Gasteiger partial charge on any atom is -0.463 e. The molecule has 1 fully saturated rings. The van der Waals surface area contributed by atoms with Gasteiger partial charge >= 0.3 is 23.9 Å². The summed E-state index contributed by atoms with van der Waals surface area (Å²) >= 11 is 0. The summed E-state index contributed by atoms with van der Waals surface area (Å²) in [5, 5.41) is 20.8. The molecule has 1 aromatic rings. The molecule has 1 aromatic carbocycles. The Balaban J connectivity index is 2.58. The standard InChI is InChI=1S/C21H25NO13/c1-10(24)30-9-17-18(31-11(2)25)19(32-12(3)26)20(33-13(4)27)21(35-17)34-16-6-5-15(22(28)29)7-14(16)8-23/h5-7,17-21,23H,8-9H2,1-4H3/t17-,18+,19+,20-,21?/m1/s1/i1D,2D,3D,4D. The second-order valence-corrected chi connectivity index (χ2v) is 6.91. The first-order chi connectivity index (χ1) is 18.6. The van der Waals surface area contributed by atoms with E-state index in [1.807, 2.05) is 0 Å². The zero-order chi connectivity index (χ0) is 29.1. The first-order valence-corrected chi connectivity index (χ1v) is 9.69. The highest BCUT2D eigenvalue weighted by Crippen LogP contribution is 2.33. The highest BCUT2D eigenvalue weighted by Gasteiger charge is 2.53. The minimum absolute atomic E-state index is 0.0991. The number of ether oxygens (including phenoxy) is 6. The molecule has 0 saturated carbocycles. The Kier molecular flexibility index (Phi) is 7.50. The van der Waals surface area contributed by atoms with Gasteiger partial charge in [0.15, 0.2) is 12.2 Å². The van der Waals surface area contributed by atoms with E-state index in [2.05, 4.69) is 0 Å². The van der Waals surface area contributed by atoms with Crippen LogP contribution in [0, 0.1) is 10.1 Å². The number of carbonyl (C=O) groups is 4. The lowest BCUT2D eigenvalue weighted by Crippen LogP contribution is -2.63. The lowest BCUT2D eigenvalue weighted by atomic mass is 9.98. The number of nitro benzene ring substituents is 1. The van der Waals surface area contributed by atoms with Crippen LogP contribution in [0.1, 0.15) is 38.6 Å². The summed E-state index contributed by atoms with van der Waals surface area (Å²) in [6, 6.07) is 3.13. The van der Waals surface area contributed by atoms with Crippen LogP contribution < -0.4 is 4.74 Å². The van der Waals surface area contributed by atoms with Gasteiger partial charge in [0.25, 0.3) is 5.69 Å². The van der Waals surface area contributed by atoms with Crippen molar-refractivity contribution in [3.63, 3.8) is 0 Å². The van der Waals surface area contributed by atoms with Gasteiger partial charge in [-0.2, -0.15) is 0 Å². The summed E-state index contributed by atoms with van der Waals surface area (Å²) in [7, 11) is 0. The van der Waals surface area contributed by atoms with Crippen LogP contribution in [0.2, 0.25) is 0 Å². The largest absolute Gasteiger partial charge is 0.463 e. The number of nitro groups is 1. The molecule has 1 aliphatic rings. The monoisotopic (exact) mass is 503 g/mol. The molecule has 0 spiro atoms.